The molecular formula is C15H16N2O2S. The topological polar surface area (TPSA) is 63.1 Å². The standard InChI is InChI=1S/C15H16N2O2S/c18-15(8-11-2-3-12(9-15)20(11)19)10-1-4-13-14(7-10)17-6-5-16-13/h1,4-7,11-12,18H,2-3,8-9H2. The Balaban J connectivity index is 1.76. The van der Waals surface area contributed by atoms with E-state index in [9.17, 15) is 9.32 Å². The fourth-order valence-corrected chi connectivity index (χ4v) is 5.73. The number of nitrogens with zero attached hydrogens (tertiary/aromatic N) is 2. The third-order valence-corrected chi connectivity index (χ3v) is 6.72. The Bertz CT molecular complexity index is 687. The molecule has 1 N–H and O–H groups in total. The lowest BCUT2D eigenvalue weighted by molar-refractivity contribution is 0.0186. The van der Waals surface area contributed by atoms with Crippen LogP contribution in [-0.2, 0) is 16.4 Å². The molecule has 2 aliphatic rings. The van der Waals surface area contributed by atoms with Gasteiger partial charge in [0.1, 0.15) is 0 Å². The maximum atomic E-state index is 12.1. The first-order valence-electron chi connectivity index (χ1n) is 6.99. The highest BCUT2D eigenvalue weighted by molar-refractivity contribution is 7.86. The van der Waals surface area contributed by atoms with Crippen LogP contribution in [0.25, 0.3) is 11.0 Å². The molecule has 2 saturated heterocycles. The summed E-state index contributed by atoms with van der Waals surface area (Å²) in [5.74, 6) is 0. The van der Waals surface area contributed by atoms with E-state index in [1.165, 1.54) is 0 Å². The summed E-state index contributed by atoms with van der Waals surface area (Å²) in [5.41, 5.74) is 1.67. The summed E-state index contributed by atoms with van der Waals surface area (Å²) in [6.07, 6.45) is 6.49. The van der Waals surface area contributed by atoms with Gasteiger partial charge in [-0.3, -0.25) is 14.2 Å². The molecular weight excluding hydrogens is 272 g/mol. The van der Waals surface area contributed by atoms with Crippen LogP contribution in [0.5, 0.6) is 0 Å². The molecule has 1 aromatic carbocycles. The summed E-state index contributed by atoms with van der Waals surface area (Å²) >= 11 is 0. The number of hydrogen-bond donors (Lipinski definition) is 1. The molecule has 4 nitrogen and oxygen atoms in total. The number of benzene rings is 1. The van der Waals surface area contributed by atoms with Gasteiger partial charge in [0.2, 0.25) is 0 Å². The van der Waals surface area contributed by atoms with Crippen LogP contribution in [-0.4, -0.2) is 29.8 Å². The third kappa shape index (κ3) is 1.80. The Morgan fingerprint density at radius 2 is 1.75 bits per heavy atom. The SMILES string of the molecule is O=S1C2CCC1CC(O)(c1ccc3nccnc3c1)C2. The van der Waals surface area contributed by atoms with E-state index in [1.807, 2.05) is 18.2 Å². The lowest BCUT2D eigenvalue weighted by atomic mass is 9.85. The van der Waals surface area contributed by atoms with Crippen LogP contribution in [0.1, 0.15) is 31.2 Å². The van der Waals surface area contributed by atoms with Gasteiger partial charge in [-0.15, -0.1) is 0 Å². The fraction of sp³-hybridized carbons (Fsp3) is 0.467. The summed E-state index contributed by atoms with van der Waals surface area (Å²) in [5, 5.41) is 11.3. The van der Waals surface area contributed by atoms with Crippen molar-refractivity contribution in [1.82, 2.24) is 9.97 Å². The highest BCUT2D eigenvalue weighted by atomic mass is 32.2. The second-order valence-corrected chi connectivity index (χ2v) is 7.84. The lowest BCUT2D eigenvalue weighted by Gasteiger charge is -2.36. The Morgan fingerprint density at radius 3 is 2.45 bits per heavy atom. The van der Waals surface area contributed by atoms with Gasteiger partial charge in [-0.2, -0.15) is 0 Å². The minimum Gasteiger partial charge on any atom is -0.385 e. The third-order valence-electron chi connectivity index (χ3n) is 4.61. The van der Waals surface area contributed by atoms with Gasteiger partial charge in [0.05, 0.1) is 16.6 Å². The number of aromatic nitrogens is 2. The van der Waals surface area contributed by atoms with Crippen LogP contribution in [0, 0.1) is 0 Å². The largest absolute Gasteiger partial charge is 0.385 e. The van der Waals surface area contributed by atoms with Gasteiger partial charge in [0.25, 0.3) is 0 Å². The average Bonchev–Trinajstić information content (AvgIpc) is 2.70. The molecule has 2 atom stereocenters. The van der Waals surface area contributed by atoms with Crippen molar-refractivity contribution < 1.29 is 9.32 Å². The van der Waals surface area contributed by atoms with Crippen LogP contribution in [0.3, 0.4) is 0 Å². The summed E-state index contributed by atoms with van der Waals surface area (Å²) in [4.78, 5) is 8.55. The van der Waals surface area contributed by atoms with Crippen molar-refractivity contribution in [3.05, 3.63) is 36.2 Å². The summed E-state index contributed by atoms with van der Waals surface area (Å²) in [7, 11) is -0.754. The fourth-order valence-electron chi connectivity index (χ4n) is 3.57. The van der Waals surface area contributed by atoms with E-state index < -0.39 is 16.4 Å². The number of rotatable bonds is 1. The van der Waals surface area contributed by atoms with Gasteiger partial charge in [-0.25, -0.2) is 0 Å². The normalized spacial score (nSPS) is 36.4. The molecule has 104 valence electrons. The molecule has 0 spiro atoms. The number of hydrogen-bond acceptors (Lipinski definition) is 4. The first-order valence-corrected chi connectivity index (χ1v) is 8.26. The molecule has 0 aliphatic carbocycles. The van der Waals surface area contributed by atoms with Crippen LogP contribution >= 0.6 is 0 Å². The maximum absolute atomic E-state index is 12.1. The molecule has 2 bridgehead atoms. The van der Waals surface area contributed by atoms with E-state index in [0.29, 0.717) is 12.8 Å². The van der Waals surface area contributed by atoms with Crippen molar-refractivity contribution in [2.24, 2.45) is 0 Å². The van der Waals surface area contributed by atoms with Crippen LogP contribution in [0.4, 0.5) is 0 Å². The predicted octanol–water partition coefficient (Wildman–Crippen LogP) is 1.89. The Labute approximate surface area is 119 Å². The Morgan fingerprint density at radius 1 is 1.10 bits per heavy atom. The van der Waals surface area contributed by atoms with Gasteiger partial charge < -0.3 is 5.11 Å². The summed E-state index contributed by atoms with van der Waals surface area (Å²) < 4.78 is 12.1. The number of aliphatic hydroxyl groups is 1. The quantitative estimate of drug-likeness (QED) is 0.870. The molecule has 5 heteroatoms. The van der Waals surface area contributed by atoms with Crippen molar-refractivity contribution in [3.8, 4) is 0 Å². The van der Waals surface area contributed by atoms with Crippen molar-refractivity contribution >= 4 is 21.8 Å². The zero-order chi connectivity index (χ0) is 13.7. The van der Waals surface area contributed by atoms with E-state index in [2.05, 4.69) is 9.97 Å². The van der Waals surface area contributed by atoms with E-state index in [4.69, 9.17) is 0 Å². The van der Waals surface area contributed by atoms with Crippen LogP contribution < -0.4 is 0 Å². The van der Waals surface area contributed by atoms with E-state index >= 15 is 0 Å². The second-order valence-electron chi connectivity index (χ2n) is 5.85. The molecule has 1 aromatic heterocycles. The Kier molecular flexibility index (Phi) is 2.69. The van der Waals surface area contributed by atoms with Gasteiger partial charge in [-0.05, 0) is 43.4 Å². The lowest BCUT2D eigenvalue weighted by Crippen LogP contribution is -2.40. The van der Waals surface area contributed by atoms with Crippen molar-refractivity contribution in [2.75, 3.05) is 0 Å². The molecule has 20 heavy (non-hydrogen) atoms. The molecule has 0 amide bonds. The van der Waals surface area contributed by atoms with Gasteiger partial charge in [-0.1, -0.05) is 6.07 Å². The molecule has 3 heterocycles. The number of fused-ring (bicyclic) bond motifs is 3. The molecule has 2 fully saturated rings. The minimum absolute atomic E-state index is 0.149. The van der Waals surface area contributed by atoms with Crippen molar-refractivity contribution in [1.29, 1.82) is 0 Å². The highest BCUT2D eigenvalue weighted by Gasteiger charge is 2.48. The van der Waals surface area contributed by atoms with Crippen molar-refractivity contribution in [3.63, 3.8) is 0 Å². The van der Waals surface area contributed by atoms with Gasteiger partial charge >= 0.3 is 0 Å². The molecule has 2 aromatic rings. The van der Waals surface area contributed by atoms with E-state index in [0.717, 1.165) is 29.4 Å². The molecule has 0 radical (unpaired) electrons. The first kappa shape index (κ1) is 12.4. The molecule has 2 unspecified atom stereocenters. The molecule has 4 rings (SSSR count). The maximum Gasteiger partial charge on any atom is 0.0920 e. The smallest absolute Gasteiger partial charge is 0.0920 e. The zero-order valence-corrected chi connectivity index (χ0v) is 11.8. The zero-order valence-electron chi connectivity index (χ0n) is 11.0. The minimum atomic E-state index is -0.856. The first-order chi connectivity index (χ1) is 9.66. The van der Waals surface area contributed by atoms with Gasteiger partial charge in [0, 0.05) is 33.7 Å². The molecule has 2 aliphatic heterocycles. The van der Waals surface area contributed by atoms with Crippen LogP contribution in [0.15, 0.2) is 30.6 Å². The molecule has 0 saturated carbocycles. The summed E-state index contributed by atoms with van der Waals surface area (Å²) in [6, 6.07) is 5.77. The Hall–Kier alpha value is -1.33. The second kappa shape index (κ2) is 4.33. The van der Waals surface area contributed by atoms with Gasteiger partial charge in [0.15, 0.2) is 0 Å². The average molecular weight is 288 g/mol. The van der Waals surface area contributed by atoms with E-state index in [1.54, 1.807) is 12.4 Å². The predicted molar refractivity (Wildman–Crippen MR) is 77.6 cm³/mol. The highest BCUT2D eigenvalue weighted by Crippen LogP contribution is 2.46. The summed E-state index contributed by atoms with van der Waals surface area (Å²) in [6.45, 7) is 0. The van der Waals surface area contributed by atoms with Crippen molar-refractivity contribution in [2.45, 2.75) is 41.8 Å². The van der Waals surface area contributed by atoms with Crippen LogP contribution in [0.2, 0.25) is 0 Å². The monoisotopic (exact) mass is 288 g/mol. The van der Waals surface area contributed by atoms with E-state index in [-0.39, 0.29) is 10.5 Å².